The van der Waals surface area contributed by atoms with Gasteiger partial charge in [-0.2, -0.15) is 0 Å². The molecular formula is C26H44F2O. The SMILES string of the molecule is CCCCCCCCC(CCCCc1cc(F)cc(F)c1)C(O)(C(C)C)C(C)C. The van der Waals surface area contributed by atoms with Crippen LogP contribution in [0.15, 0.2) is 18.2 Å². The van der Waals surface area contributed by atoms with E-state index in [1.807, 2.05) is 0 Å². The summed E-state index contributed by atoms with van der Waals surface area (Å²) >= 11 is 0. The monoisotopic (exact) mass is 410 g/mol. The molecule has 0 heterocycles. The largest absolute Gasteiger partial charge is 0.389 e. The van der Waals surface area contributed by atoms with E-state index >= 15 is 0 Å². The van der Waals surface area contributed by atoms with Gasteiger partial charge in [0.05, 0.1) is 5.60 Å². The maximum Gasteiger partial charge on any atom is 0.126 e. The van der Waals surface area contributed by atoms with E-state index in [4.69, 9.17) is 0 Å². The Morgan fingerprint density at radius 1 is 0.759 bits per heavy atom. The molecule has 1 rings (SSSR count). The van der Waals surface area contributed by atoms with Crippen LogP contribution in [0.4, 0.5) is 8.78 Å². The molecule has 29 heavy (non-hydrogen) atoms. The predicted molar refractivity (Wildman–Crippen MR) is 120 cm³/mol. The van der Waals surface area contributed by atoms with Crippen LogP contribution in [0.3, 0.4) is 0 Å². The van der Waals surface area contributed by atoms with Crippen LogP contribution >= 0.6 is 0 Å². The van der Waals surface area contributed by atoms with Crippen molar-refractivity contribution in [2.24, 2.45) is 17.8 Å². The first-order valence-corrected chi connectivity index (χ1v) is 11.9. The molecule has 3 heteroatoms. The van der Waals surface area contributed by atoms with Gasteiger partial charge in [-0.3, -0.25) is 0 Å². The fraction of sp³-hybridized carbons (Fsp3) is 0.769. The molecule has 168 valence electrons. The maximum absolute atomic E-state index is 13.4. The average Bonchev–Trinajstić information content (AvgIpc) is 2.64. The van der Waals surface area contributed by atoms with Crippen molar-refractivity contribution in [3.8, 4) is 0 Å². The summed E-state index contributed by atoms with van der Waals surface area (Å²) < 4.78 is 26.8. The van der Waals surface area contributed by atoms with E-state index in [0.717, 1.165) is 37.3 Å². The molecule has 0 radical (unpaired) electrons. The van der Waals surface area contributed by atoms with Crippen molar-refractivity contribution in [3.05, 3.63) is 35.4 Å². The Labute approximate surface area is 178 Å². The molecule has 0 fully saturated rings. The predicted octanol–water partition coefficient (Wildman–Crippen LogP) is 8.09. The first-order chi connectivity index (χ1) is 13.7. The lowest BCUT2D eigenvalue weighted by molar-refractivity contribution is -0.102. The Balaban J connectivity index is 2.62. The van der Waals surface area contributed by atoms with Crippen LogP contribution < -0.4 is 0 Å². The molecule has 0 aromatic heterocycles. The van der Waals surface area contributed by atoms with Crippen LogP contribution in [-0.4, -0.2) is 10.7 Å². The van der Waals surface area contributed by atoms with Crippen LogP contribution in [0.2, 0.25) is 0 Å². The van der Waals surface area contributed by atoms with E-state index in [0.29, 0.717) is 6.42 Å². The highest BCUT2D eigenvalue weighted by Crippen LogP contribution is 2.39. The third-order valence-electron chi connectivity index (χ3n) is 6.60. The summed E-state index contributed by atoms with van der Waals surface area (Å²) in [7, 11) is 0. The summed E-state index contributed by atoms with van der Waals surface area (Å²) in [6.45, 7) is 10.8. The summed E-state index contributed by atoms with van der Waals surface area (Å²) in [6.07, 6.45) is 12.2. The molecule has 0 saturated carbocycles. The lowest BCUT2D eigenvalue weighted by atomic mass is 9.68. The number of halogens is 2. The Hall–Kier alpha value is -0.960. The Morgan fingerprint density at radius 3 is 1.76 bits per heavy atom. The number of hydrogen-bond acceptors (Lipinski definition) is 1. The van der Waals surface area contributed by atoms with E-state index in [1.54, 1.807) is 0 Å². The van der Waals surface area contributed by atoms with Gasteiger partial charge < -0.3 is 5.11 Å². The zero-order chi connectivity index (χ0) is 21.9. The van der Waals surface area contributed by atoms with Gasteiger partial charge in [-0.05, 0) is 61.1 Å². The standard InChI is InChI=1S/C26H44F2O/c1-6-7-8-9-10-11-15-23(26(29,20(2)3)21(4)5)16-13-12-14-22-17-24(27)19-25(28)18-22/h17-21,23,29H,6-16H2,1-5H3. The highest BCUT2D eigenvalue weighted by Gasteiger charge is 2.41. The van der Waals surface area contributed by atoms with Gasteiger partial charge in [0.15, 0.2) is 0 Å². The molecule has 0 saturated heterocycles. The summed E-state index contributed by atoms with van der Waals surface area (Å²) in [5.41, 5.74) is 0.0620. The van der Waals surface area contributed by atoms with E-state index in [-0.39, 0.29) is 17.8 Å². The quantitative estimate of drug-likeness (QED) is 0.290. The fourth-order valence-electron chi connectivity index (χ4n) is 4.86. The third kappa shape index (κ3) is 8.74. The summed E-state index contributed by atoms with van der Waals surface area (Å²) in [4.78, 5) is 0. The van der Waals surface area contributed by atoms with E-state index in [1.165, 1.54) is 50.7 Å². The number of hydrogen-bond donors (Lipinski definition) is 1. The Kier molecular flexibility index (Phi) is 12.0. The normalized spacial score (nSPS) is 13.4. The highest BCUT2D eigenvalue weighted by atomic mass is 19.1. The lowest BCUT2D eigenvalue weighted by Crippen LogP contribution is -2.47. The second kappa shape index (κ2) is 13.4. The molecule has 0 aliphatic rings. The maximum atomic E-state index is 13.4. The van der Waals surface area contributed by atoms with Gasteiger partial charge in [-0.25, -0.2) is 8.78 Å². The molecule has 0 aliphatic heterocycles. The second-order valence-electron chi connectivity index (χ2n) is 9.47. The van der Waals surface area contributed by atoms with Gasteiger partial charge in [-0.1, -0.05) is 79.6 Å². The Morgan fingerprint density at radius 2 is 1.24 bits per heavy atom. The van der Waals surface area contributed by atoms with E-state index in [2.05, 4.69) is 34.6 Å². The smallest absolute Gasteiger partial charge is 0.126 e. The zero-order valence-corrected chi connectivity index (χ0v) is 19.4. The minimum atomic E-state index is -0.658. The van der Waals surface area contributed by atoms with Gasteiger partial charge in [0.25, 0.3) is 0 Å². The molecule has 0 amide bonds. The van der Waals surface area contributed by atoms with Crippen molar-refractivity contribution in [3.63, 3.8) is 0 Å². The van der Waals surface area contributed by atoms with Crippen molar-refractivity contribution < 1.29 is 13.9 Å². The van der Waals surface area contributed by atoms with Crippen LogP contribution in [0, 0.1) is 29.4 Å². The lowest BCUT2D eigenvalue weighted by Gasteiger charge is -2.43. The molecule has 1 aromatic carbocycles. The summed E-state index contributed by atoms with van der Waals surface area (Å²) in [5.74, 6) is -0.308. The first-order valence-electron chi connectivity index (χ1n) is 11.9. The van der Waals surface area contributed by atoms with Gasteiger partial charge in [-0.15, -0.1) is 0 Å². The van der Waals surface area contributed by atoms with Gasteiger partial charge in [0, 0.05) is 6.07 Å². The molecule has 1 unspecified atom stereocenters. The topological polar surface area (TPSA) is 20.2 Å². The van der Waals surface area contributed by atoms with E-state index in [9.17, 15) is 13.9 Å². The third-order valence-corrected chi connectivity index (χ3v) is 6.60. The number of rotatable bonds is 15. The molecule has 1 N–H and O–H groups in total. The molecule has 1 atom stereocenters. The zero-order valence-electron chi connectivity index (χ0n) is 19.4. The van der Waals surface area contributed by atoms with Gasteiger partial charge in [0.2, 0.25) is 0 Å². The van der Waals surface area contributed by atoms with Crippen LogP contribution in [0.5, 0.6) is 0 Å². The summed E-state index contributed by atoms with van der Waals surface area (Å²) in [6, 6.07) is 3.77. The van der Waals surface area contributed by atoms with Gasteiger partial charge in [0.1, 0.15) is 11.6 Å². The van der Waals surface area contributed by atoms with Crippen molar-refractivity contribution in [1.29, 1.82) is 0 Å². The molecule has 0 aliphatic carbocycles. The average molecular weight is 411 g/mol. The minimum Gasteiger partial charge on any atom is -0.389 e. The van der Waals surface area contributed by atoms with Crippen molar-refractivity contribution in [2.45, 2.75) is 111 Å². The van der Waals surface area contributed by atoms with Crippen molar-refractivity contribution >= 4 is 0 Å². The minimum absolute atomic E-state index is 0.213. The molecule has 0 bridgehead atoms. The fourth-order valence-corrected chi connectivity index (χ4v) is 4.86. The summed E-state index contributed by atoms with van der Waals surface area (Å²) in [5, 5.41) is 11.6. The Bertz CT molecular complexity index is 540. The van der Waals surface area contributed by atoms with E-state index < -0.39 is 17.2 Å². The van der Waals surface area contributed by atoms with Crippen LogP contribution in [-0.2, 0) is 6.42 Å². The second-order valence-corrected chi connectivity index (χ2v) is 9.47. The van der Waals surface area contributed by atoms with Crippen LogP contribution in [0.1, 0.15) is 104 Å². The highest BCUT2D eigenvalue weighted by molar-refractivity contribution is 5.17. The first kappa shape index (κ1) is 26.1. The van der Waals surface area contributed by atoms with Crippen LogP contribution in [0.25, 0.3) is 0 Å². The van der Waals surface area contributed by atoms with Crippen molar-refractivity contribution in [1.82, 2.24) is 0 Å². The number of unbranched alkanes of at least 4 members (excludes halogenated alkanes) is 6. The molecule has 0 spiro atoms. The van der Waals surface area contributed by atoms with Gasteiger partial charge >= 0.3 is 0 Å². The molecular weight excluding hydrogens is 366 g/mol. The molecule has 1 nitrogen and oxygen atoms in total. The number of aryl methyl sites for hydroxylation is 1. The number of benzene rings is 1. The number of aliphatic hydroxyl groups is 1. The molecule has 1 aromatic rings. The van der Waals surface area contributed by atoms with Crippen molar-refractivity contribution in [2.75, 3.05) is 0 Å².